The van der Waals surface area contributed by atoms with Gasteiger partial charge in [-0.05, 0) is 72.7 Å². The number of aliphatic hydroxyl groups excluding tert-OH is 1. The number of aliphatic hydroxyl groups is 1. The molecule has 1 amide bonds. The molecule has 0 aromatic heterocycles. The highest BCUT2D eigenvalue weighted by Crippen LogP contribution is 2.40. The Labute approximate surface area is 165 Å². The van der Waals surface area contributed by atoms with Crippen molar-refractivity contribution in [3.63, 3.8) is 0 Å². The normalized spacial score (nSPS) is 16.3. The Morgan fingerprint density at radius 3 is 2.61 bits per heavy atom. The summed E-state index contributed by atoms with van der Waals surface area (Å²) in [7, 11) is 0. The van der Waals surface area contributed by atoms with E-state index in [9.17, 15) is 4.79 Å². The maximum Gasteiger partial charge on any atom is 0.294 e. The van der Waals surface area contributed by atoms with Crippen LogP contribution in [0.4, 0.5) is 5.69 Å². The fourth-order valence-corrected chi connectivity index (χ4v) is 3.44. The Hall–Kier alpha value is -2.79. The van der Waals surface area contributed by atoms with E-state index in [4.69, 9.17) is 14.6 Å². The van der Waals surface area contributed by atoms with Gasteiger partial charge in [-0.25, -0.2) is 0 Å². The lowest BCUT2D eigenvalue weighted by Gasteiger charge is -2.19. The van der Waals surface area contributed by atoms with Crippen molar-refractivity contribution in [1.29, 1.82) is 0 Å². The molecule has 5 heteroatoms. The molecule has 1 saturated carbocycles. The third-order valence-corrected chi connectivity index (χ3v) is 5.16. The highest BCUT2D eigenvalue weighted by Gasteiger charge is 2.28. The lowest BCUT2D eigenvalue weighted by Crippen LogP contribution is -2.27. The number of nitrogens with zero attached hydrogens (tertiary/aromatic N) is 1. The second-order valence-corrected chi connectivity index (χ2v) is 7.15. The van der Waals surface area contributed by atoms with Gasteiger partial charge in [0.1, 0.15) is 18.1 Å². The summed E-state index contributed by atoms with van der Waals surface area (Å²) in [4.78, 5) is 14.5. The Kier molecular flexibility index (Phi) is 5.35. The first kappa shape index (κ1) is 18.6. The average Bonchev–Trinajstić information content (AvgIpc) is 3.51. The second kappa shape index (κ2) is 8.07. The van der Waals surface area contributed by atoms with Crippen LogP contribution in [0.3, 0.4) is 0 Å². The molecule has 0 spiro atoms. The third-order valence-electron chi connectivity index (χ3n) is 5.16. The Balaban J connectivity index is 1.44. The summed E-state index contributed by atoms with van der Waals surface area (Å²) in [5.41, 5.74) is 3.16. The van der Waals surface area contributed by atoms with E-state index in [-0.39, 0.29) is 19.1 Å². The molecule has 5 nitrogen and oxygen atoms in total. The van der Waals surface area contributed by atoms with Crippen molar-refractivity contribution >= 4 is 11.6 Å². The zero-order valence-electron chi connectivity index (χ0n) is 16.1. The van der Waals surface area contributed by atoms with Crippen LogP contribution in [0.15, 0.2) is 54.3 Å². The smallest absolute Gasteiger partial charge is 0.294 e. The van der Waals surface area contributed by atoms with Crippen LogP contribution in [-0.2, 0) is 11.2 Å². The standard InChI is InChI=1S/C23H25NO4/c1-2-16-15-19(7-10-21(16)27-14-13-25)24-12-11-22(23(24)26)28-20-8-5-18(6-9-20)17-3-4-17/h5-11,15,17,25H,2-4,12-14H2,1H3. The minimum absolute atomic E-state index is 0.0260. The van der Waals surface area contributed by atoms with Gasteiger partial charge in [0.2, 0.25) is 0 Å². The van der Waals surface area contributed by atoms with Crippen molar-refractivity contribution in [1.82, 2.24) is 0 Å². The van der Waals surface area contributed by atoms with E-state index < -0.39 is 0 Å². The number of amides is 1. The molecule has 2 aliphatic rings. The zero-order chi connectivity index (χ0) is 19.5. The molecular formula is C23H25NO4. The van der Waals surface area contributed by atoms with Crippen molar-refractivity contribution in [3.05, 3.63) is 65.4 Å². The summed E-state index contributed by atoms with van der Waals surface area (Å²) in [6.07, 6.45) is 5.13. The van der Waals surface area contributed by atoms with Gasteiger partial charge < -0.3 is 19.5 Å². The number of ether oxygens (including phenoxy) is 2. The minimum atomic E-state index is -0.141. The summed E-state index contributed by atoms with van der Waals surface area (Å²) in [5, 5.41) is 8.95. The number of anilines is 1. The largest absolute Gasteiger partial charge is 0.491 e. The molecule has 0 radical (unpaired) electrons. The number of carbonyl (C=O) groups excluding carboxylic acids is 1. The monoisotopic (exact) mass is 379 g/mol. The number of aryl methyl sites for hydroxylation is 1. The highest BCUT2D eigenvalue weighted by molar-refractivity contribution is 6.07. The van der Waals surface area contributed by atoms with Crippen LogP contribution in [-0.4, -0.2) is 30.8 Å². The predicted molar refractivity (Wildman–Crippen MR) is 108 cm³/mol. The molecule has 1 N–H and O–H groups in total. The van der Waals surface area contributed by atoms with E-state index in [0.29, 0.717) is 24.0 Å². The zero-order valence-corrected chi connectivity index (χ0v) is 16.1. The fraction of sp³-hybridized carbons (Fsp3) is 0.348. The van der Waals surface area contributed by atoms with E-state index in [1.165, 1.54) is 18.4 Å². The molecule has 0 saturated heterocycles. The van der Waals surface area contributed by atoms with Crippen LogP contribution in [0.2, 0.25) is 0 Å². The molecule has 28 heavy (non-hydrogen) atoms. The van der Waals surface area contributed by atoms with Gasteiger partial charge in [-0.1, -0.05) is 19.1 Å². The Morgan fingerprint density at radius 1 is 1.14 bits per heavy atom. The summed E-state index contributed by atoms with van der Waals surface area (Å²) in [6.45, 7) is 2.75. The van der Waals surface area contributed by atoms with Crippen molar-refractivity contribution < 1.29 is 19.4 Å². The molecule has 146 valence electrons. The number of carbonyl (C=O) groups is 1. The van der Waals surface area contributed by atoms with Crippen molar-refractivity contribution in [2.45, 2.75) is 32.1 Å². The Morgan fingerprint density at radius 2 is 1.93 bits per heavy atom. The lowest BCUT2D eigenvalue weighted by molar-refractivity contribution is -0.116. The molecule has 1 aliphatic heterocycles. The molecular weight excluding hydrogens is 354 g/mol. The van der Waals surface area contributed by atoms with Crippen molar-refractivity contribution in [2.24, 2.45) is 0 Å². The van der Waals surface area contributed by atoms with Gasteiger partial charge in [0, 0.05) is 12.2 Å². The summed E-state index contributed by atoms with van der Waals surface area (Å²) in [5.74, 6) is 2.35. The second-order valence-electron chi connectivity index (χ2n) is 7.15. The number of benzene rings is 2. The van der Waals surface area contributed by atoms with Gasteiger partial charge in [-0.2, -0.15) is 0 Å². The third kappa shape index (κ3) is 3.90. The lowest BCUT2D eigenvalue weighted by atomic mass is 10.1. The molecule has 0 unspecified atom stereocenters. The van der Waals surface area contributed by atoms with E-state index in [1.807, 2.05) is 43.3 Å². The molecule has 2 aromatic carbocycles. The van der Waals surface area contributed by atoms with Crippen molar-refractivity contribution in [2.75, 3.05) is 24.7 Å². The first-order chi connectivity index (χ1) is 13.7. The van der Waals surface area contributed by atoms with Crippen LogP contribution in [0.1, 0.15) is 36.8 Å². The molecule has 1 fully saturated rings. The number of hydrogen-bond acceptors (Lipinski definition) is 4. The summed E-state index contributed by atoms with van der Waals surface area (Å²) in [6, 6.07) is 13.7. The van der Waals surface area contributed by atoms with Gasteiger partial charge in [-0.15, -0.1) is 0 Å². The van der Waals surface area contributed by atoms with Crippen molar-refractivity contribution in [3.8, 4) is 11.5 Å². The fourth-order valence-electron chi connectivity index (χ4n) is 3.44. The maximum absolute atomic E-state index is 12.8. The van der Waals surface area contributed by atoms with Crippen LogP contribution in [0.25, 0.3) is 0 Å². The van der Waals surface area contributed by atoms with E-state index in [1.54, 1.807) is 4.90 Å². The van der Waals surface area contributed by atoms with E-state index >= 15 is 0 Å². The first-order valence-electron chi connectivity index (χ1n) is 9.86. The van der Waals surface area contributed by atoms with Crippen LogP contribution in [0, 0.1) is 0 Å². The van der Waals surface area contributed by atoms with Gasteiger partial charge in [0.15, 0.2) is 5.76 Å². The minimum Gasteiger partial charge on any atom is -0.491 e. The summed E-state index contributed by atoms with van der Waals surface area (Å²) < 4.78 is 11.4. The number of rotatable bonds is 8. The first-order valence-corrected chi connectivity index (χ1v) is 9.86. The molecule has 1 aliphatic carbocycles. The average molecular weight is 379 g/mol. The van der Waals surface area contributed by atoms with Crippen LogP contribution >= 0.6 is 0 Å². The highest BCUT2D eigenvalue weighted by atomic mass is 16.5. The van der Waals surface area contributed by atoms with E-state index in [0.717, 1.165) is 23.4 Å². The van der Waals surface area contributed by atoms with Gasteiger partial charge >= 0.3 is 0 Å². The summed E-state index contributed by atoms with van der Waals surface area (Å²) >= 11 is 0. The van der Waals surface area contributed by atoms with Gasteiger partial charge in [0.25, 0.3) is 5.91 Å². The SMILES string of the molecule is CCc1cc(N2CC=C(Oc3ccc(C4CC4)cc3)C2=O)ccc1OCCO. The molecule has 1 heterocycles. The Bertz CT molecular complexity index is 884. The van der Waals surface area contributed by atoms with Gasteiger partial charge in [-0.3, -0.25) is 4.79 Å². The molecule has 0 atom stereocenters. The molecule has 0 bridgehead atoms. The molecule has 2 aromatic rings. The quantitative estimate of drug-likeness (QED) is 0.758. The predicted octanol–water partition coefficient (Wildman–Crippen LogP) is 3.81. The topological polar surface area (TPSA) is 59.0 Å². The van der Waals surface area contributed by atoms with Crippen LogP contribution in [0.5, 0.6) is 11.5 Å². The van der Waals surface area contributed by atoms with Gasteiger partial charge in [0.05, 0.1) is 6.61 Å². The maximum atomic E-state index is 12.8. The molecule has 4 rings (SSSR count). The number of hydrogen-bond donors (Lipinski definition) is 1. The van der Waals surface area contributed by atoms with E-state index in [2.05, 4.69) is 12.1 Å². The van der Waals surface area contributed by atoms with Crippen LogP contribution < -0.4 is 14.4 Å².